The number of carbonyl (C=O) groups is 1. The van der Waals surface area contributed by atoms with Gasteiger partial charge in [-0.2, -0.15) is 9.78 Å². The first kappa shape index (κ1) is 10.6. The summed E-state index contributed by atoms with van der Waals surface area (Å²) in [5.41, 5.74) is 7.31. The molecule has 5 nitrogen and oxygen atoms in total. The van der Waals surface area contributed by atoms with Gasteiger partial charge in [0.05, 0.1) is 11.8 Å². The van der Waals surface area contributed by atoms with Crippen LogP contribution in [0.25, 0.3) is 10.9 Å². The van der Waals surface area contributed by atoms with Crippen LogP contribution in [0.4, 0.5) is 5.82 Å². The highest BCUT2D eigenvalue weighted by Gasteiger charge is 2.15. The maximum absolute atomic E-state index is 12.4. The molecule has 2 heterocycles. The zero-order valence-electron chi connectivity index (χ0n) is 9.87. The van der Waals surface area contributed by atoms with Crippen molar-refractivity contribution in [1.29, 1.82) is 0 Å². The normalized spacial score (nSPS) is 10.9. The number of anilines is 1. The molecule has 1 aromatic carbocycles. The van der Waals surface area contributed by atoms with Crippen molar-refractivity contribution < 1.29 is 4.79 Å². The lowest BCUT2D eigenvalue weighted by atomic mass is 10.1. The molecular formula is C13H12N4O. The first-order valence-electron chi connectivity index (χ1n) is 5.57. The molecule has 0 atom stereocenters. The van der Waals surface area contributed by atoms with Crippen LogP contribution in [0.2, 0.25) is 0 Å². The van der Waals surface area contributed by atoms with Crippen LogP contribution >= 0.6 is 0 Å². The fraction of sp³-hybridized carbons (Fsp3) is 0.0769. The van der Waals surface area contributed by atoms with Crippen molar-refractivity contribution in [3.63, 3.8) is 0 Å². The van der Waals surface area contributed by atoms with Crippen molar-refractivity contribution in [2.75, 3.05) is 5.73 Å². The van der Waals surface area contributed by atoms with E-state index in [1.165, 1.54) is 10.9 Å². The van der Waals surface area contributed by atoms with Gasteiger partial charge in [0.1, 0.15) is 5.82 Å². The number of nitrogens with two attached hydrogens (primary N) is 1. The van der Waals surface area contributed by atoms with E-state index in [4.69, 9.17) is 5.73 Å². The average molecular weight is 240 g/mol. The summed E-state index contributed by atoms with van der Waals surface area (Å²) in [6.45, 7) is 0. The number of benzene rings is 1. The third-order valence-corrected chi connectivity index (χ3v) is 3.02. The van der Waals surface area contributed by atoms with E-state index in [0.717, 1.165) is 10.9 Å². The second kappa shape index (κ2) is 3.73. The maximum atomic E-state index is 12.4. The number of aryl methyl sites for hydroxylation is 1. The molecule has 3 aromatic rings. The molecule has 18 heavy (non-hydrogen) atoms. The van der Waals surface area contributed by atoms with Gasteiger partial charge in [0.2, 0.25) is 0 Å². The molecule has 0 aliphatic carbocycles. The summed E-state index contributed by atoms with van der Waals surface area (Å²) < 4.78 is 3.18. The summed E-state index contributed by atoms with van der Waals surface area (Å²) in [4.78, 5) is 12.4. The van der Waals surface area contributed by atoms with Crippen molar-refractivity contribution >= 4 is 22.6 Å². The fourth-order valence-corrected chi connectivity index (χ4v) is 2.09. The zero-order valence-corrected chi connectivity index (χ0v) is 9.87. The molecule has 0 fully saturated rings. The highest BCUT2D eigenvalue weighted by molar-refractivity contribution is 6.08. The summed E-state index contributed by atoms with van der Waals surface area (Å²) in [5.74, 6) is 0.127. The quantitative estimate of drug-likeness (QED) is 0.703. The Labute approximate surface area is 103 Å². The van der Waals surface area contributed by atoms with Crippen LogP contribution in [0.15, 0.2) is 42.7 Å². The first-order chi connectivity index (χ1) is 8.68. The molecule has 5 heteroatoms. The van der Waals surface area contributed by atoms with Gasteiger partial charge in [-0.15, -0.1) is 0 Å². The van der Waals surface area contributed by atoms with E-state index in [2.05, 4.69) is 5.10 Å². The Hall–Kier alpha value is -2.56. The predicted molar refractivity (Wildman–Crippen MR) is 69.3 cm³/mol. The number of fused-ring (bicyclic) bond motifs is 1. The van der Waals surface area contributed by atoms with E-state index in [9.17, 15) is 4.79 Å². The molecule has 0 saturated carbocycles. The van der Waals surface area contributed by atoms with Crippen molar-refractivity contribution in [3.05, 3.63) is 48.3 Å². The monoisotopic (exact) mass is 240 g/mol. The van der Waals surface area contributed by atoms with Gasteiger partial charge in [-0.05, 0) is 18.2 Å². The van der Waals surface area contributed by atoms with Crippen LogP contribution in [-0.2, 0) is 7.05 Å². The van der Waals surface area contributed by atoms with E-state index in [0.29, 0.717) is 11.4 Å². The van der Waals surface area contributed by atoms with Gasteiger partial charge in [0, 0.05) is 30.2 Å². The molecule has 0 aliphatic rings. The van der Waals surface area contributed by atoms with Gasteiger partial charge >= 0.3 is 0 Å². The number of hydrogen-bond acceptors (Lipinski definition) is 3. The lowest BCUT2D eigenvalue weighted by Gasteiger charge is -2.05. The minimum atomic E-state index is -0.214. The largest absolute Gasteiger partial charge is 0.383 e. The van der Waals surface area contributed by atoms with Crippen LogP contribution in [0.5, 0.6) is 0 Å². The molecule has 0 bridgehead atoms. The van der Waals surface area contributed by atoms with Gasteiger partial charge in [0.25, 0.3) is 5.91 Å². The molecule has 2 N–H and O–H groups in total. The van der Waals surface area contributed by atoms with Gasteiger partial charge in [-0.1, -0.05) is 6.07 Å². The number of nitrogens with zero attached hydrogens (tertiary/aromatic N) is 3. The summed E-state index contributed by atoms with van der Waals surface area (Å²) in [7, 11) is 1.94. The topological polar surface area (TPSA) is 65.8 Å². The average Bonchev–Trinajstić information content (AvgIpc) is 2.95. The third-order valence-electron chi connectivity index (χ3n) is 3.02. The van der Waals surface area contributed by atoms with Gasteiger partial charge in [-0.3, -0.25) is 4.79 Å². The highest BCUT2D eigenvalue weighted by atomic mass is 16.2. The Kier molecular flexibility index (Phi) is 2.19. The van der Waals surface area contributed by atoms with E-state index in [1.54, 1.807) is 12.1 Å². The minimum Gasteiger partial charge on any atom is -0.383 e. The van der Waals surface area contributed by atoms with Gasteiger partial charge in [0.15, 0.2) is 0 Å². The van der Waals surface area contributed by atoms with Crippen molar-refractivity contribution in [2.24, 2.45) is 7.05 Å². The first-order valence-corrected chi connectivity index (χ1v) is 5.57. The lowest BCUT2D eigenvalue weighted by molar-refractivity contribution is 0.0949. The van der Waals surface area contributed by atoms with E-state index in [1.807, 2.05) is 36.0 Å². The molecule has 0 unspecified atom stereocenters. The zero-order chi connectivity index (χ0) is 12.7. The maximum Gasteiger partial charge on any atom is 0.280 e. The number of rotatable bonds is 1. The molecular weight excluding hydrogens is 228 g/mol. The van der Waals surface area contributed by atoms with Crippen LogP contribution in [0.1, 0.15) is 10.4 Å². The number of carbonyl (C=O) groups excluding carboxylic acids is 1. The van der Waals surface area contributed by atoms with E-state index < -0.39 is 0 Å². The van der Waals surface area contributed by atoms with Crippen LogP contribution in [0, 0.1) is 0 Å². The second-order valence-electron chi connectivity index (χ2n) is 4.14. The summed E-state index contributed by atoms with van der Waals surface area (Å²) >= 11 is 0. The minimum absolute atomic E-state index is 0.214. The van der Waals surface area contributed by atoms with Crippen molar-refractivity contribution in [1.82, 2.24) is 14.3 Å². The molecule has 0 amide bonds. The van der Waals surface area contributed by atoms with E-state index >= 15 is 0 Å². The Balaban J connectivity index is 2.21. The SMILES string of the molecule is Cn1ccc2c(C(=O)n3nccc3N)cccc21. The summed E-state index contributed by atoms with van der Waals surface area (Å²) in [6, 6.07) is 9.13. The predicted octanol–water partition coefficient (Wildman–Crippen LogP) is 1.65. The van der Waals surface area contributed by atoms with Crippen LogP contribution in [0.3, 0.4) is 0 Å². The van der Waals surface area contributed by atoms with Gasteiger partial charge < -0.3 is 10.3 Å². The fourth-order valence-electron chi connectivity index (χ4n) is 2.09. The number of aromatic nitrogens is 3. The van der Waals surface area contributed by atoms with Gasteiger partial charge in [-0.25, -0.2) is 0 Å². The summed E-state index contributed by atoms with van der Waals surface area (Å²) in [5, 5.41) is 4.84. The molecule has 2 aromatic heterocycles. The standard InChI is InChI=1S/C13H12N4O/c1-16-8-6-9-10(3-2-4-11(9)16)13(18)17-12(14)5-7-15-17/h2-8H,14H2,1H3. The number of hydrogen-bond donors (Lipinski definition) is 1. The molecule has 0 radical (unpaired) electrons. The Bertz CT molecular complexity index is 738. The molecule has 0 spiro atoms. The van der Waals surface area contributed by atoms with Crippen molar-refractivity contribution in [3.8, 4) is 0 Å². The highest BCUT2D eigenvalue weighted by Crippen LogP contribution is 2.20. The smallest absolute Gasteiger partial charge is 0.280 e. The van der Waals surface area contributed by atoms with E-state index in [-0.39, 0.29) is 5.91 Å². The molecule has 90 valence electrons. The summed E-state index contributed by atoms with van der Waals surface area (Å²) in [6.07, 6.45) is 3.44. The van der Waals surface area contributed by atoms with Crippen LogP contribution in [-0.4, -0.2) is 20.3 Å². The molecule has 3 rings (SSSR count). The molecule has 0 saturated heterocycles. The Morgan fingerprint density at radius 1 is 1.28 bits per heavy atom. The Morgan fingerprint density at radius 3 is 2.83 bits per heavy atom. The van der Waals surface area contributed by atoms with Crippen molar-refractivity contribution in [2.45, 2.75) is 0 Å². The molecule has 0 aliphatic heterocycles. The Morgan fingerprint density at radius 2 is 2.11 bits per heavy atom. The van der Waals surface area contributed by atoms with Crippen LogP contribution < -0.4 is 5.73 Å². The lowest BCUT2D eigenvalue weighted by Crippen LogP contribution is -2.16. The second-order valence-corrected chi connectivity index (χ2v) is 4.14. The third kappa shape index (κ3) is 1.41. The number of nitrogen functional groups attached to an aromatic ring is 1.